The molecule has 0 unspecified atom stereocenters. The second kappa shape index (κ2) is 7.21. The second-order valence-electron chi connectivity index (χ2n) is 4.49. The molecule has 0 saturated heterocycles. The molecule has 1 aromatic carbocycles. The lowest BCUT2D eigenvalue weighted by Gasteiger charge is -2.08. The number of hydrogen-bond acceptors (Lipinski definition) is 6. The summed E-state index contributed by atoms with van der Waals surface area (Å²) in [6.07, 6.45) is 0.921. The SMILES string of the molecule is CCOC(=O)Nc1cccc(-c2cnc(N)c(C(=O)NC)n2)c1. The van der Waals surface area contributed by atoms with Gasteiger partial charge in [0.2, 0.25) is 0 Å². The lowest BCUT2D eigenvalue weighted by Crippen LogP contribution is -2.21. The number of nitrogens with one attached hydrogen (secondary N) is 2. The van der Waals surface area contributed by atoms with Crippen molar-refractivity contribution < 1.29 is 14.3 Å². The third kappa shape index (κ3) is 3.94. The van der Waals surface area contributed by atoms with Crippen molar-refractivity contribution in [3.8, 4) is 11.3 Å². The Balaban J connectivity index is 2.32. The number of rotatable bonds is 4. The fourth-order valence-electron chi connectivity index (χ4n) is 1.86. The van der Waals surface area contributed by atoms with Crippen LogP contribution >= 0.6 is 0 Å². The monoisotopic (exact) mass is 315 g/mol. The van der Waals surface area contributed by atoms with Crippen molar-refractivity contribution in [1.29, 1.82) is 0 Å². The highest BCUT2D eigenvalue weighted by Crippen LogP contribution is 2.22. The van der Waals surface area contributed by atoms with Gasteiger partial charge in [-0.2, -0.15) is 0 Å². The van der Waals surface area contributed by atoms with Crippen LogP contribution in [0.3, 0.4) is 0 Å². The number of amides is 2. The van der Waals surface area contributed by atoms with Crippen molar-refractivity contribution in [2.24, 2.45) is 0 Å². The molecule has 23 heavy (non-hydrogen) atoms. The van der Waals surface area contributed by atoms with E-state index in [9.17, 15) is 9.59 Å². The van der Waals surface area contributed by atoms with Crippen molar-refractivity contribution in [3.63, 3.8) is 0 Å². The minimum Gasteiger partial charge on any atom is -0.450 e. The number of nitrogens with two attached hydrogens (primary N) is 1. The van der Waals surface area contributed by atoms with Crippen LogP contribution < -0.4 is 16.4 Å². The Hall–Kier alpha value is -3.16. The van der Waals surface area contributed by atoms with E-state index in [1.54, 1.807) is 31.2 Å². The van der Waals surface area contributed by atoms with Crippen LogP contribution in [0.2, 0.25) is 0 Å². The van der Waals surface area contributed by atoms with Crippen LogP contribution in [-0.4, -0.2) is 35.6 Å². The number of carbonyl (C=O) groups is 2. The molecule has 0 aliphatic heterocycles. The molecule has 8 nitrogen and oxygen atoms in total. The van der Waals surface area contributed by atoms with Gasteiger partial charge in [0.05, 0.1) is 18.5 Å². The fourth-order valence-corrected chi connectivity index (χ4v) is 1.86. The summed E-state index contributed by atoms with van der Waals surface area (Å²) in [5.74, 6) is -0.369. The highest BCUT2D eigenvalue weighted by molar-refractivity contribution is 5.96. The minimum absolute atomic E-state index is 0.0498. The van der Waals surface area contributed by atoms with Crippen molar-refractivity contribution >= 4 is 23.5 Å². The molecule has 1 aromatic heterocycles. The average Bonchev–Trinajstić information content (AvgIpc) is 2.55. The molecule has 0 radical (unpaired) electrons. The molecule has 0 bridgehead atoms. The highest BCUT2D eigenvalue weighted by atomic mass is 16.5. The van der Waals surface area contributed by atoms with Crippen molar-refractivity contribution in [2.75, 3.05) is 24.7 Å². The maximum atomic E-state index is 11.7. The summed E-state index contributed by atoms with van der Waals surface area (Å²) >= 11 is 0. The van der Waals surface area contributed by atoms with Crippen LogP contribution in [0, 0.1) is 0 Å². The molecule has 0 aliphatic carbocycles. The first-order chi connectivity index (χ1) is 11.0. The number of nitrogens with zero attached hydrogens (tertiary/aromatic N) is 2. The zero-order valence-corrected chi connectivity index (χ0v) is 12.8. The Bertz CT molecular complexity index is 733. The molecule has 0 spiro atoms. The van der Waals surface area contributed by atoms with E-state index in [1.165, 1.54) is 13.2 Å². The van der Waals surface area contributed by atoms with Gasteiger partial charge in [0, 0.05) is 18.3 Å². The first kappa shape index (κ1) is 16.2. The van der Waals surface area contributed by atoms with Gasteiger partial charge in [-0.3, -0.25) is 10.1 Å². The largest absolute Gasteiger partial charge is 0.450 e. The van der Waals surface area contributed by atoms with Gasteiger partial charge in [0.15, 0.2) is 11.5 Å². The number of ether oxygens (including phenoxy) is 1. The highest BCUT2D eigenvalue weighted by Gasteiger charge is 2.13. The van der Waals surface area contributed by atoms with Gasteiger partial charge in [-0.05, 0) is 19.1 Å². The number of nitrogen functional groups attached to an aromatic ring is 1. The second-order valence-corrected chi connectivity index (χ2v) is 4.49. The van der Waals surface area contributed by atoms with Gasteiger partial charge in [0.1, 0.15) is 0 Å². The standard InChI is InChI=1S/C15H17N5O3/c1-3-23-15(22)19-10-6-4-5-9(7-10)11-8-18-13(16)12(20-11)14(21)17-2/h4-8H,3H2,1-2H3,(H2,16,18)(H,17,21)(H,19,22). The Kier molecular flexibility index (Phi) is 5.08. The smallest absolute Gasteiger partial charge is 0.411 e. The van der Waals surface area contributed by atoms with Gasteiger partial charge < -0.3 is 15.8 Å². The molecule has 0 atom stereocenters. The maximum Gasteiger partial charge on any atom is 0.411 e. The van der Waals surface area contributed by atoms with E-state index in [4.69, 9.17) is 10.5 Å². The number of benzene rings is 1. The summed E-state index contributed by atoms with van der Waals surface area (Å²) in [6, 6.07) is 6.94. The lowest BCUT2D eigenvalue weighted by molar-refractivity contribution is 0.0959. The molecule has 2 rings (SSSR count). The molecule has 1 heterocycles. The summed E-state index contributed by atoms with van der Waals surface area (Å²) in [5.41, 5.74) is 7.40. The Morgan fingerprint density at radius 2 is 2.13 bits per heavy atom. The quantitative estimate of drug-likeness (QED) is 0.789. The zero-order chi connectivity index (χ0) is 16.8. The van der Waals surface area contributed by atoms with E-state index in [0.29, 0.717) is 16.9 Å². The number of carbonyl (C=O) groups excluding carboxylic acids is 2. The molecule has 8 heteroatoms. The Morgan fingerprint density at radius 3 is 2.83 bits per heavy atom. The topological polar surface area (TPSA) is 119 Å². The number of anilines is 2. The van der Waals surface area contributed by atoms with Crippen molar-refractivity contribution in [1.82, 2.24) is 15.3 Å². The Labute approximate surface area is 133 Å². The number of aromatic nitrogens is 2. The maximum absolute atomic E-state index is 11.7. The number of hydrogen-bond donors (Lipinski definition) is 3. The predicted octanol–water partition coefficient (Wildman–Crippen LogP) is 1.65. The summed E-state index contributed by atoms with van der Waals surface area (Å²) < 4.78 is 4.82. The van der Waals surface area contributed by atoms with E-state index in [1.807, 2.05) is 0 Å². The first-order valence-electron chi connectivity index (χ1n) is 6.94. The molecule has 0 saturated carbocycles. The van der Waals surface area contributed by atoms with Crippen molar-refractivity contribution in [2.45, 2.75) is 6.92 Å². The van der Waals surface area contributed by atoms with E-state index < -0.39 is 12.0 Å². The van der Waals surface area contributed by atoms with Gasteiger partial charge in [-0.1, -0.05) is 12.1 Å². The lowest BCUT2D eigenvalue weighted by atomic mass is 10.1. The first-order valence-corrected chi connectivity index (χ1v) is 6.94. The van der Waals surface area contributed by atoms with E-state index in [2.05, 4.69) is 20.6 Å². The van der Waals surface area contributed by atoms with E-state index >= 15 is 0 Å². The van der Waals surface area contributed by atoms with Crippen LogP contribution in [-0.2, 0) is 4.74 Å². The van der Waals surface area contributed by atoms with Gasteiger partial charge in [0.25, 0.3) is 5.91 Å². The molecule has 0 aliphatic rings. The van der Waals surface area contributed by atoms with E-state index in [0.717, 1.165) is 0 Å². The third-order valence-corrected chi connectivity index (χ3v) is 2.92. The molecular weight excluding hydrogens is 298 g/mol. The van der Waals surface area contributed by atoms with Crippen LogP contribution in [0.5, 0.6) is 0 Å². The van der Waals surface area contributed by atoms with Crippen molar-refractivity contribution in [3.05, 3.63) is 36.2 Å². The molecule has 0 fully saturated rings. The predicted molar refractivity (Wildman–Crippen MR) is 85.9 cm³/mol. The molecule has 4 N–H and O–H groups in total. The van der Waals surface area contributed by atoms with Crippen LogP contribution in [0.4, 0.5) is 16.3 Å². The minimum atomic E-state index is -0.543. The van der Waals surface area contributed by atoms with Gasteiger partial charge in [-0.15, -0.1) is 0 Å². The van der Waals surface area contributed by atoms with Crippen LogP contribution in [0.25, 0.3) is 11.3 Å². The van der Waals surface area contributed by atoms with E-state index in [-0.39, 0.29) is 18.1 Å². The molecule has 120 valence electrons. The fraction of sp³-hybridized carbons (Fsp3) is 0.200. The van der Waals surface area contributed by atoms with Crippen LogP contribution in [0.15, 0.2) is 30.5 Å². The summed E-state index contributed by atoms with van der Waals surface area (Å²) in [6.45, 7) is 2.00. The van der Waals surface area contributed by atoms with Gasteiger partial charge in [-0.25, -0.2) is 14.8 Å². The molecule has 2 aromatic rings. The summed E-state index contributed by atoms with van der Waals surface area (Å²) in [4.78, 5) is 31.4. The summed E-state index contributed by atoms with van der Waals surface area (Å²) in [5, 5.41) is 5.06. The normalized spacial score (nSPS) is 10.0. The summed E-state index contributed by atoms with van der Waals surface area (Å²) in [7, 11) is 1.49. The third-order valence-electron chi connectivity index (χ3n) is 2.92. The average molecular weight is 315 g/mol. The Morgan fingerprint density at radius 1 is 1.35 bits per heavy atom. The molecule has 2 amide bonds. The zero-order valence-electron chi connectivity index (χ0n) is 12.8. The van der Waals surface area contributed by atoms with Crippen LogP contribution in [0.1, 0.15) is 17.4 Å². The van der Waals surface area contributed by atoms with Gasteiger partial charge >= 0.3 is 6.09 Å². The molecular formula is C15H17N5O3.